The van der Waals surface area contributed by atoms with Crippen LogP contribution in [0.4, 0.5) is 11.4 Å². The minimum absolute atomic E-state index is 0.107. The van der Waals surface area contributed by atoms with E-state index in [0.29, 0.717) is 35.5 Å². The largest absolute Gasteiger partial charge is 0.313 e. The second-order valence-corrected chi connectivity index (χ2v) is 17.6. The monoisotopic (exact) mass is 727 g/mol. The molecule has 1 heterocycles. The van der Waals surface area contributed by atoms with E-state index in [2.05, 4.69) is 196 Å². The lowest BCUT2D eigenvalue weighted by molar-refractivity contribution is 0.394. The van der Waals surface area contributed by atoms with Crippen molar-refractivity contribution < 1.29 is 0 Å². The number of rotatable bonds is 8. The first kappa shape index (κ1) is 35.0. The van der Waals surface area contributed by atoms with Crippen molar-refractivity contribution in [2.75, 3.05) is 4.90 Å². The Kier molecular flexibility index (Phi) is 8.93. The molecule has 0 N–H and O–H groups in total. The van der Waals surface area contributed by atoms with Gasteiger partial charge in [-0.2, -0.15) is 0 Å². The highest BCUT2D eigenvalue weighted by Crippen LogP contribution is 2.55. The zero-order chi connectivity index (χ0) is 37.8. The van der Waals surface area contributed by atoms with E-state index < -0.39 is 0 Å². The van der Waals surface area contributed by atoms with Crippen LogP contribution in [0.1, 0.15) is 110 Å². The van der Waals surface area contributed by atoms with Crippen LogP contribution in [-0.4, -0.2) is 0 Å². The summed E-state index contributed by atoms with van der Waals surface area (Å²) in [6, 6.07) is 36.9. The molecule has 1 heteroatoms. The Bertz CT molecular complexity index is 2400. The molecule has 4 aromatic carbocycles. The van der Waals surface area contributed by atoms with Gasteiger partial charge in [-0.05, 0) is 118 Å². The molecular formula is C55H53N. The smallest absolute Gasteiger partial charge is 0.0497 e. The maximum absolute atomic E-state index is 2.60. The van der Waals surface area contributed by atoms with E-state index >= 15 is 0 Å². The van der Waals surface area contributed by atoms with Gasteiger partial charge in [0.05, 0.1) is 0 Å². The third kappa shape index (κ3) is 6.08. The predicted molar refractivity (Wildman–Crippen MR) is 236 cm³/mol. The molecule has 6 unspecified atom stereocenters. The van der Waals surface area contributed by atoms with Gasteiger partial charge in [-0.25, -0.2) is 0 Å². The summed E-state index contributed by atoms with van der Waals surface area (Å²) in [7, 11) is 0. The molecule has 0 saturated heterocycles. The van der Waals surface area contributed by atoms with Gasteiger partial charge in [0.2, 0.25) is 0 Å². The Hall–Kier alpha value is -5.40. The first-order valence-electron chi connectivity index (χ1n) is 21.1. The highest BCUT2D eigenvalue weighted by atomic mass is 15.2. The quantitative estimate of drug-likeness (QED) is 0.175. The molecule has 5 aliphatic carbocycles. The summed E-state index contributed by atoms with van der Waals surface area (Å²) in [5.74, 6) is 2.64. The van der Waals surface area contributed by atoms with Crippen LogP contribution in [0.15, 0.2) is 187 Å². The maximum Gasteiger partial charge on any atom is 0.0497 e. The van der Waals surface area contributed by atoms with E-state index in [1.165, 1.54) is 74.4 Å². The summed E-state index contributed by atoms with van der Waals surface area (Å²) in [6.07, 6.45) is 34.1. The van der Waals surface area contributed by atoms with Crippen LogP contribution in [0.3, 0.4) is 0 Å². The molecular weight excluding hydrogens is 675 g/mol. The first-order chi connectivity index (χ1) is 27.4. The highest BCUT2D eigenvalue weighted by molar-refractivity contribution is 5.82. The fourth-order valence-corrected chi connectivity index (χ4v) is 10.9. The summed E-state index contributed by atoms with van der Waals surface area (Å²) in [6.45, 7) is 7.37. The molecule has 10 rings (SSSR count). The Balaban J connectivity index is 0.926. The van der Waals surface area contributed by atoms with Crippen molar-refractivity contribution in [3.05, 3.63) is 220 Å². The SMILES string of the molecule is CC(CC(C1=CCC(C2=CC=CCC2)C=C1)c1ccc2c(c1)C(C)(C)C1C=CC=CC21)c1ccc(C2=CC=C3C(C2)c2ccccc2N3c2ccccc2)cc1. The summed E-state index contributed by atoms with van der Waals surface area (Å²) in [5, 5.41) is 0. The third-order valence-corrected chi connectivity index (χ3v) is 14.1. The van der Waals surface area contributed by atoms with Crippen LogP contribution in [0.25, 0.3) is 5.57 Å². The number of hydrogen-bond donors (Lipinski definition) is 0. The lowest BCUT2D eigenvalue weighted by atomic mass is 9.73. The molecule has 0 saturated carbocycles. The molecule has 0 radical (unpaired) electrons. The van der Waals surface area contributed by atoms with E-state index in [1.54, 1.807) is 5.57 Å². The Labute approximate surface area is 334 Å². The van der Waals surface area contributed by atoms with Crippen LogP contribution >= 0.6 is 0 Å². The first-order valence-corrected chi connectivity index (χ1v) is 21.1. The third-order valence-electron chi connectivity index (χ3n) is 14.1. The Morgan fingerprint density at radius 2 is 1.57 bits per heavy atom. The molecule has 0 spiro atoms. The molecule has 4 aromatic rings. The normalized spacial score (nSPS) is 24.9. The lowest BCUT2D eigenvalue weighted by Gasteiger charge is -2.30. The zero-order valence-corrected chi connectivity index (χ0v) is 33.1. The molecule has 0 fully saturated rings. The van der Waals surface area contributed by atoms with Gasteiger partial charge in [0.15, 0.2) is 0 Å². The summed E-state index contributed by atoms with van der Waals surface area (Å²) in [5.41, 5.74) is 17.2. The van der Waals surface area contributed by atoms with Crippen LogP contribution < -0.4 is 4.90 Å². The second kappa shape index (κ2) is 14.3. The molecule has 6 atom stereocenters. The zero-order valence-electron chi connectivity index (χ0n) is 33.1. The van der Waals surface area contributed by atoms with Crippen LogP contribution in [-0.2, 0) is 5.41 Å². The van der Waals surface area contributed by atoms with Crippen molar-refractivity contribution in [2.24, 2.45) is 11.8 Å². The minimum atomic E-state index is 0.107. The standard InChI is InChI=1S/C55H53N/c1-37(38-22-24-41(25-23-38)43-31-33-54-50(35-43)48-19-11-13-21-53(48)56(54)45-16-8-5-9-17-45)34-49(42-28-26-40(27-29-42)39-14-6-4-7-15-39)44-30-32-47-46-18-10-12-20-51(46)55(2,3)52(47)36-44/h4-6,8-14,16-26,28-33,36-37,40,46,49-51H,7,15,27,34-35H2,1-3H3. The minimum Gasteiger partial charge on any atom is -0.313 e. The highest BCUT2D eigenvalue weighted by Gasteiger charge is 2.45. The van der Waals surface area contributed by atoms with Crippen molar-refractivity contribution >= 4 is 16.9 Å². The maximum atomic E-state index is 2.60. The van der Waals surface area contributed by atoms with Crippen LogP contribution in [0, 0.1) is 11.8 Å². The van der Waals surface area contributed by atoms with E-state index in [0.717, 1.165) is 19.3 Å². The predicted octanol–water partition coefficient (Wildman–Crippen LogP) is 14.5. The fraction of sp³-hybridized carbons (Fsp3) is 0.273. The number of anilines is 2. The topological polar surface area (TPSA) is 3.24 Å². The van der Waals surface area contributed by atoms with E-state index in [4.69, 9.17) is 0 Å². The summed E-state index contributed by atoms with van der Waals surface area (Å²) < 4.78 is 0. The molecule has 6 aliphatic rings. The van der Waals surface area contributed by atoms with E-state index in [9.17, 15) is 0 Å². The van der Waals surface area contributed by atoms with Gasteiger partial charge in [0, 0.05) is 40.7 Å². The molecule has 1 aliphatic heterocycles. The van der Waals surface area contributed by atoms with Gasteiger partial charge < -0.3 is 4.90 Å². The summed E-state index contributed by atoms with van der Waals surface area (Å²) in [4.78, 5) is 2.46. The average molecular weight is 728 g/mol. The van der Waals surface area contributed by atoms with E-state index in [1.807, 2.05) is 0 Å². The Morgan fingerprint density at radius 1 is 0.768 bits per heavy atom. The van der Waals surface area contributed by atoms with Gasteiger partial charge >= 0.3 is 0 Å². The second-order valence-electron chi connectivity index (χ2n) is 17.6. The van der Waals surface area contributed by atoms with Gasteiger partial charge in [-0.1, -0.05) is 172 Å². The lowest BCUT2D eigenvalue weighted by Crippen LogP contribution is -2.24. The number of benzene rings is 4. The Morgan fingerprint density at radius 3 is 2.38 bits per heavy atom. The average Bonchev–Trinajstić information content (AvgIpc) is 3.71. The number of hydrogen-bond acceptors (Lipinski definition) is 1. The van der Waals surface area contributed by atoms with Crippen LogP contribution in [0.5, 0.6) is 0 Å². The number of allylic oxidation sites excluding steroid dienone is 16. The van der Waals surface area contributed by atoms with Gasteiger partial charge in [-0.15, -0.1) is 0 Å². The van der Waals surface area contributed by atoms with E-state index in [-0.39, 0.29) is 5.41 Å². The summed E-state index contributed by atoms with van der Waals surface area (Å²) >= 11 is 0. The molecule has 278 valence electrons. The van der Waals surface area contributed by atoms with Crippen molar-refractivity contribution in [2.45, 2.75) is 82.0 Å². The van der Waals surface area contributed by atoms with Crippen molar-refractivity contribution in [1.29, 1.82) is 0 Å². The molecule has 1 nitrogen and oxygen atoms in total. The molecule has 0 aromatic heterocycles. The van der Waals surface area contributed by atoms with Gasteiger partial charge in [0.25, 0.3) is 0 Å². The van der Waals surface area contributed by atoms with Crippen molar-refractivity contribution in [1.82, 2.24) is 0 Å². The fourth-order valence-electron chi connectivity index (χ4n) is 10.9. The molecule has 0 amide bonds. The number of fused-ring (bicyclic) bond motifs is 6. The van der Waals surface area contributed by atoms with Crippen LogP contribution in [0.2, 0.25) is 0 Å². The number of nitrogens with zero attached hydrogens (tertiary/aromatic N) is 1. The molecule has 56 heavy (non-hydrogen) atoms. The van der Waals surface area contributed by atoms with Crippen molar-refractivity contribution in [3.63, 3.8) is 0 Å². The van der Waals surface area contributed by atoms with Crippen molar-refractivity contribution in [3.8, 4) is 0 Å². The molecule has 0 bridgehead atoms. The van der Waals surface area contributed by atoms with Gasteiger partial charge in [-0.3, -0.25) is 0 Å². The van der Waals surface area contributed by atoms with Gasteiger partial charge in [0.1, 0.15) is 0 Å². The number of para-hydroxylation sites is 2.